The first-order valence-corrected chi connectivity index (χ1v) is 10.9. The Balaban J connectivity index is 2.63. The zero-order valence-electron chi connectivity index (χ0n) is 10.3. The van der Waals surface area contributed by atoms with E-state index in [-0.39, 0.29) is 0 Å². The van der Waals surface area contributed by atoms with Crippen LogP contribution in [-0.2, 0) is 6.42 Å². The van der Waals surface area contributed by atoms with Gasteiger partial charge in [-0.1, -0.05) is 65.3 Å². The van der Waals surface area contributed by atoms with Crippen LogP contribution in [0, 0.1) is 5.92 Å². The molecule has 0 heterocycles. The van der Waals surface area contributed by atoms with Crippen molar-refractivity contribution >= 4 is 35.6 Å². The number of alkyl halides is 1. The highest BCUT2D eigenvalue weighted by Gasteiger charge is 2.19. The fraction of sp³-hybridized carbons (Fsp3) is 0.538. The Kier molecular flexibility index (Phi) is 5.55. The fourth-order valence-electron chi connectivity index (χ4n) is 2.04. The Bertz CT molecular complexity index is 333. The first kappa shape index (κ1) is 14.3. The second kappa shape index (κ2) is 6.22. The van der Waals surface area contributed by atoms with Gasteiger partial charge >= 0.3 is 0 Å². The van der Waals surface area contributed by atoms with Crippen LogP contribution >= 0.6 is 27.5 Å². The van der Waals surface area contributed by atoms with Crippen molar-refractivity contribution in [2.75, 3.05) is 5.33 Å². The molecule has 0 nitrogen and oxygen atoms in total. The topological polar surface area (TPSA) is 0 Å². The second-order valence-corrected chi connectivity index (χ2v) is 12.2. The summed E-state index contributed by atoms with van der Waals surface area (Å²) in [5.74, 6) is 0.741. The van der Waals surface area contributed by atoms with Gasteiger partial charge in [0.05, 0.1) is 0 Å². The zero-order valence-corrected chi connectivity index (χ0v) is 13.6. The van der Waals surface area contributed by atoms with Crippen LogP contribution in [0.25, 0.3) is 0 Å². The minimum atomic E-state index is -0.972. The highest BCUT2D eigenvalue weighted by atomic mass is 79.9. The Morgan fingerprint density at radius 3 is 2.50 bits per heavy atom. The molecule has 0 bridgehead atoms. The first-order chi connectivity index (χ1) is 7.40. The van der Waals surface area contributed by atoms with Gasteiger partial charge in [-0.3, -0.25) is 0 Å². The second-order valence-electron chi connectivity index (χ2n) is 5.62. The average Bonchev–Trinajstić information content (AvgIpc) is 2.14. The standard InChI is InChI=1S/C13H20BrClSi/c1-16(2,3)10-12(9-14)7-11-5-4-6-13(15)8-11/h4-6,8,12H,7,9-10H2,1-3H3. The molecular formula is C13H20BrClSi. The number of halogens is 2. The zero-order chi connectivity index (χ0) is 12.2. The van der Waals surface area contributed by atoms with Crippen LogP contribution in [0.1, 0.15) is 5.56 Å². The van der Waals surface area contributed by atoms with E-state index in [4.69, 9.17) is 11.6 Å². The summed E-state index contributed by atoms with van der Waals surface area (Å²) in [6.07, 6.45) is 1.14. The summed E-state index contributed by atoms with van der Waals surface area (Å²) in [5, 5.41) is 1.93. The van der Waals surface area contributed by atoms with Crippen molar-refractivity contribution in [2.24, 2.45) is 5.92 Å². The van der Waals surface area contributed by atoms with Gasteiger partial charge in [0.15, 0.2) is 0 Å². The molecule has 0 saturated heterocycles. The number of rotatable bonds is 5. The number of hydrogen-bond donors (Lipinski definition) is 0. The maximum atomic E-state index is 6.00. The van der Waals surface area contributed by atoms with Crippen molar-refractivity contribution in [3.8, 4) is 0 Å². The molecule has 1 unspecified atom stereocenters. The van der Waals surface area contributed by atoms with Gasteiger partial charge in [-0.15, -0.1) is 0 Å². The van der Waals surface area contributed by atoms with Gasteiger partial charge in [0.2, 0.25) is 0 Å². The number of benzene rings is 1. The molecule has 16 heavy (non-hydrogen) atoms. The van der Waals surface area contributed by atoms with E-state index < -0.39 is 8.07 Å². The van der Waals surface area contributed by atoms with Crippen molar-refractivity contribution in [1.29, 1.82) is 0 Å². The van der Waals surface area contributed by atoms with Crippen molar-refractivity contribution in [2.45, 2.75) is 32.1 Å². The minimum Gasteiger partial charge on any atom is -0.0925 e. The minimum absolute atomic E-state index is 0.741. The normalized spacial score (nSPS) is 13.8. The molecule has 0 N–H and O–H groups in total. The molecule has 0 spiro atoms. The van der Waals surface area contributed by atoms with Crippen molar-refractivity contribution in [3.63, 3.8) is 0 Å². The Labute approximate surface area is 114 Å². The molecule has 1 aromatic rings. The predicted octanol–water partition coefficient (Wildman–Crippen LogP) is 5.23. The van der Waals surface area contributed by atoms with Gasteiger partial charge in [0.1, 0.15) is 0 Å². The molecule has 1 atom stereocenters. The molecule has 0 aliphatic carbocycles. The van der Waals surface area contributed by atoms with Crippen LogP contribution in [0.15, 0.2) is 24.3 Å². The van der Waals surface area contributed by atoms with E-state index in [0.717, 1.165) is 22.7 Å². The van der Waals surface area contributed by atoms with Crippen LogP contribution < -0.4 is 0 Å². The molecule has 0 aromatic heterocycles. The third-order valence-electron chi connectivity index (χ3n) is 2.53. The molecule has 3 heteroatoms. The van der Waals surface area contributed by atoms with E-state index in [2.05, 4.69) is 47.7 Å². The van der Waals surface area contributed by atoms with Crippen LogP contribution in [-0.4, -0.2) is 13.4 Å². The largest absolute Gasteiger partial charge is 0.0925 e. The molecule has 0 saturated carbocycles. The molecule has 0 aliphatic rings. The molecule has 0 radical (unpaired) electrons. The molecule has 0 fully saturated rings. The van der Waals surface area contributed by atoms with Gasteiger partial charge in [-0.2, -0.15) is 0 Å². The lowest BCUT2D eigenvalue weighted by molar-refractivity contribution is 0.651. The Hall–Kier alpha value is 0.207. The maximum Gasteiger partial charge on any atom is 0.0445 e. The van der Waals surface area contributed by atoms with E-state index >= 15 is 0 Å². The number of hydrogen-bond acceptors (Lipinski definition) is 0. The smallest absolute Gasteiger partial charge is 0.0445 e. The molecule has 1 aromatic carbocycles. The average molecular weight is 320 g/mol. The SMILES string of the molecule is C[Si](C)(C)CC(CBr)Cc1cccc(Cl)c1. The maximum absolute atomic E-state index is 6.00. The van der Waals surface area contributed by atoms with Gasteiger partial charge < -0.3 is 0 Å². The van der Waals surface area contributed by atoms with Crippen LogP contribution in [0.5, 0.6) is 0 Å². The van der Waals surface area contributed by atoms with Crippen LogP contribution in [0.4, 0.5) is 0 Å². The molecule has 0 amide bonds. The van der Waals surface area contributed by atoms with E-state index in [9.17, 15) is 0 Å². The van der Waals surface area contributed by atoms with Gasteiger partial charge in [-0.25, -0.2) is 0 Å². The third kappa shape index (κ3) is 5.51. The van der Waals surface area contributed by atoms with E-state index in [0.29, 0.717) is 0 Å². The predicted molar refractivity (Wildman–Crippen MR) is 80.6 cm³/mol. The van der Waals surface area contributed by atoms with E-state index in [1.54, 1.807) is 0 Å². The Morgan fingerprint density at radius 2 is 2.00 bits per heavy atom. The van der Waals surface area contributed by atoms with Crippen molar-refractivity contribution in [1.82, 2.24) is 0 Å². The quantitative estimate of drug-likeness (QED) is 0.515. The van der Waals surface area contributed by atoms with E-state index in [1.165, 1.54) is 11.6 Å². The first-order valence-electron chi connectivity index (χ1n) is 5.71. The molecule has 1 rings (SSSR count). The van der Waals surface area contributed by atoms with Crippen LogP contribution in [0.3, 0.4) is 0 Å². The van der Waals surface area contributed by atoms with Crippen LogP contribution in [0.2, 0.25) is 30.7 Å². The van der Waals surface area contributed by atoms with Crippen molar-refractivity contribution in [3.05, 3.63) is 34.9 Å². The molecule has 0 aliphatic heterocycles. The summed E-state index contributed by atoms with van der Waals surface area (Å²) >= 11 is 9.64. The van der Waals surface area contributed by atoms with Gasteiger partial charge in [0.25, 0.3) is 0 Å². The molecule has 90 valence electrons. The molecular weight excluding hydrogens is 300 g/mol. The lowest BCUT2D eigenvalue weighted by Gasteiger charge is -2.23. The van der Waals surface area contributed by atoms with E-state index in [1.807, 2.05) is 12.1 Å². The summed E-state index contributed by atoms with van der Waals surface area (Å²) in [7, 11) is -0.972. The summed E-state index contributed by atoms with van der Waals surface area (Å²) in [5.41, 5.74) is 1.36. The lowest BCUT2D eigenvalue weighted by atomic mass is 10.0. The summed E-state index contributed by atoms with van der Waals surface area (Å²) in [6.45, 7) is 7.29. The summed E-state index contributed by atoms with van der Waals surface area (Å²) in [6, 6.07) is 9.60. The summed E-state index contributed by atoms with van der Waals surface area (Å²) < 4.78 is 0. The summed E-state index contributed by atoms with van der Waals surface area (Å²) in [4.78, 5) is 0. The highest BCUT2D eigenvalue weighted by molar-refractivity contribution is 9.09. The fourth-order valence-corrected chi connectivity index (χ4v) is 5.16. The Morgan fingerprint density at radius 1 is 1.31 bits per heavy atom. The third-order valence-corrected chi connectivity index (χ3v) is 5.49. The van der Waals surface area contributed by atoms with Gasteiger partial charge in [0, 0.05) is 18.4 Å². The van der Waals surface area contributed by atoms with Crippen molar-refractivity contribution < 1.29 is 0 Å². The lowest BCUT2D eigenvalue weighted by Crippen LogP contribution is -2.25. The monoisotopic (exact) mass is 318 g/mol. The highest BCUT2D eigenvalue weighted by Crippen LogP contribution is 2.23. The van der Waals surface area contributed by atoms with Gasteiger partial charge in [-0.05, 0) is 30.0 Å².